The summed E-state index contributed by atoms with van der Waals surface area (Å²) in [7, 11) is -4.10. The lowest BCUT2D eigenvalue weighted by atomic mass is 10.1. The van der Waals surface area contributed by atoms with E-state index in [4.69, 9.17) is 0 Å². The summed E-state index contributed by atoms with van der Waals surface area (Å²) >= 11 is 0. The first-order chi connectivity index (χ1) is 16.1. The van der Waals surface area contributed by atoms with Crippen LogP contribution in [0.2, 0.25) is 0 Å². The molecule has 3 aromatic carbocycles. The summed E-state index contributed by atoms with van der Waals surface area (Å²) < 4.78 is 58.3. The van der Waals surface area contributed by atoms with E-state index < -0.39 is 22.5 Å². The molecule has 0 bridgehead atoms. The minimum atomic E-state index is -4.10. The first-order valence-corrected chi connectivity index (χ1v) is 11.8. The van der Waals surface area contributed by atoms with Crippen LogP contribution in [0.1, 0.15) is 27.2 Å². The van der Waals surface area contributed by atoms with Crippen LogP contribution in [0.15, 0.2) is 71.6 Å². The van der Waals surface area contributed by atoms with Crippen molar-refractivity contribution in [2.45, 2.75) is 31.9 Å². The van der Waals surface area contributed by atoms with Gasteiger partial charge in [0.05, 0.1) is 17.0 Å². The predicted molar refractivity (Wildman–Crippen MR) is 122 cm³/mol. The van der Waals surface area contributed by atoms with Gasteiger partial charge in [0.15, 0.2) is 5.69 Å². The number of carbonyl (C=O) groups is 1. The van der Waals surface area contributed by atoms with Gasteiger partial charge < -0.3 is 4.74 Å². The smallest absolute Gasteiger partial charge is 0.387 e. The molecule has 0 saturated heterocycles. The number of nitrogens with zero attached hydrogens (tertiary/aromatic N) is 2. The number of hydrogen-bond donors (Lipinski definition) is 1. The van der Waals surface area contributed by atoms with Gasteiger partial charge in [0, 0.05) is 5.39 Å². The molecule has 1 aromatic heterocycles. The van der Waals surface area contributed by atoms with Gasteiger partial charge >= 0.3 is 6.61 Å². The largest absolute Gasteiger partial charge is 0.435 e. The quantitative estimate of drug-likeness (QED) is 0.419. The van der Waals surface area contributed by atoms with E-state index in [2.05, 4.69) is 14.6 Å². The Hall–Kier alpha value is -3.79. The third kappa shape index (κ3) is 4.91. The number of hydrogen-bond acceptors (Lipinski definition) is 5. The van der Waals surface area contributed by atoms with Gasteiger partial charge in [-0.2, -0.15) is 13.9 Å². The fraction of sp³-hybridized carbons (Fsp3) is 0.167. The van der Waals surface area contributed by atoms with Crippen LogP contribution in [0.4, 0.5) is 8.78 Å². The molecular formula is C24H21F2N3O4S. The molecule has 0 radical (unpaired) electrons. The lowest BCUT2D eigenvalue weighted by molar-refractivity contribution is -0.0498. The Morgan fingerprint density at radius 1 is 1.03 bits per heavy atom. The standard InChI is InChI=1S/C24H21F2N3O4S/c1-15-7-12-19(13-16(15)2)34(31,32)28-23(30)22-20-5-3-4-6-21(20)29(27-22)14-17-8-10-18(11-9-17)33-24(25)26/h3-13,24H,14H2,1-2H3,(H,28,30). The molecule has 0 aliphatic heterocycles. The van der Waals surface area contributed by atoms with Crippen molar-refractivity contribution in [3.8, 4) is 5.75 Å². The van der Waals surface area contributed by atoms with Gasteiger partial charge in [-0.3, -0.25) is 9.48 Å². The van der Waals surface area contributed by atoms with Gasteiger partial charge in [-0.05, 0) is 60.9 Å². The van der Waals surface area contributed by atoms with Gasteiger partial charge in [-0.1, -0.05) is 36.4 Å². The molecule has 34 heavy (non-hydrogen) atoms. The van der Waals surface area contributed by atoms with E-state index >= 15 is 0 Å². The maximum atomic E-state index is 13.0. The Morgan fingerprint density at radius 2 is 1.74 bits per heavy atom. The topological polar surface area (TPSA) is 90.3 Å². The molecule has 0 fully saturated rings. The third-order valence-electron chi connectivity index (χ3n) is 5.37. The molecule has 0 aliphatic carbocycles. The fourth-order valence-corrected chi connectivity index (χ4v) is 4.51. The number of alkyl halides is 2. The zero-order valence-corrected chi connectivity index (χ0v) is 19.1. The Bertz CT molecular complexity index is 1470. The van der Waals surface area contributed by atoms with Crippen molar-refractivity contribution in [3.63, 3.8) is 0 Å². The Balaban J connectivity index is 1.62. The monoisotopic (exact) mass is 485 g/mol. The lowest BCUT2D eigenvalue weighted by Gasteiger charge is -2.08. The number of rotatable bonds is 7. The van der Waals surface area contributed by atoms with Crippen LogP contribution >= 0.6 is 0 Å². The molecule has 4 rings (SSSR count). The second kappa shape index (κ2) is 9.22. The van der Waals surface area contributed by atoms with E-state index in [-0.39, 0.29) is 22.9 Å². The maximum Gasteiger partial charge on any atom is 0.387 e. The number of benzene rings is 3. The first-order valence-electron chi connectivity index (χ1n) is 10.3. The highest BCUT2D eigenvalue weighted by Gasteiger charge is 2.23. The van der Waals surface area contributed by atoms with Crippen molar-refractivity contribution in [3.05, 3.63) is 89.1 Å². The van der Waals surface area contributed by atoms with Crippen molar-refractivity contribution >= 4 is 26.8 Å². The van der Waals surface area contributed by atoms with Crippen LogP contribution in [0.5, 0.6) is 5.75 Å². The van der Waals surface area contributed by atoms with E-state index in [1.54, 1.807) is 54.1 Å². The number of nitrogens with one attached hydrogen (secondary N) is 1. The molecule has 0 unspecified atom stereocenters. The van der Waals surface area contributed by atoms with E-state index in [1.165, 1.54) is 24.3 Å². The summed E-state index contributed by atoms with van der Waals surface area (Å²) in [6.07, 6.45) is 0. The zero-order valence-electron chi connectivity index (χ0n) is 18.3. The summed E-state index contributed by atoms with van der Waals surface area (Å²) in [6.45, 7) is 0.967. The van der Waals surface area contributed by atoms with E-state index in [0.717, 1.165) is 16.7 Å². The average molecular weight is 486 g/mol. The van der Waals surface area contributed by atoms with E-state index in [0.29, 0.717) is 10.9 Å². The lowest BCUT2D eigenvalue weighted by Crippen LogP contribution is -2.31. The van der Waals surface area contributed by atoms with Crippen LogP contribution in [0.25, 0.3) is 10.9 Å². The number of carbonyl (C=O) groups excluding carboxylic acids is 1. The number of sulfonamides is 1. The number of fused-ring (bicyclic) bond motifs is 1. The summed E-state index contributed by atoms with van der Waals surface area (Å²) in [6, 6.07) is 17.6. The highest BCUT2D eigenvalue weighted by molar-refractivity contribution is 7.90. The van der Waals surface area contributed by atoms with Crippen LogP contribution in [0, 0.1) is 13.8 Å². The normalized spacial score (nSPS) is 11.7. The average Bonchev–Trinajstić information content (AvgIpc) is 3.15. The highest BCUT2D eigenvalue weighted by atomic mass is 32.2. The second-order valence-corrected chi connectivity index (χ2v) is 9.41. The van der Waals surface area contributed by atoms with Crippen molar-refractivity contribution in [1.82, 2.24) is 14.5 Å². The summed E-state index contributed by atoms with van der Waals surface area (Å²) in [5, 5.41) is 4.83. The molecule has 0 atom stereocenters. The third-order valence-corrected chi connectivity index (χ3v) is 6.70. The minimum Gasteiger partial charge on any atom is -0.435 e. The molecule has 1 heterocycles. The summed E-state index contributed by atoms with van der Waals surface area (Å²) in [5.74, 6) is -0.824. The molecule has 176 valence electrons. The summed E-state index contributed by atoms with van der Waals surface area (Å²) in [5.41, 5.74) is 3.02. The Morgan fingerprint density at radius 3 is 2.41 bits per heavy atom. The Labute approximate surface area is 195 Å². The van der Waals surface area contributed by atoms with Crippen molar-refractivity contribution in [2.24, 2.45) is 0 Å². The second-order valence-electron chi connectivity index (χ2n) is 7.73. The van der Waals surface area contributed by atoms with Crippen LogP contribution < -0.4 is 9.46 Å². The maximum absolute atomic E-state index is 13.0. The molecule has 4 aromatic rings. The van der Waals surface area contributed by atoms with Gasteiger partial charge in [0.1, 0.15) is 5.75 Å². The van der Waals surface area contributed by atoms with Gasteiger partial charge in [-0.15, -0.1) is 0 Å². The molecule has 0 spiro atoms. The molecule has 1 amide bonds. The predicted octanol–water partition coefficient (Wildman–Crippen LogP) is 4.42. The molecule has 1 N–H and O–H groups in total. The van der Waals surface area contributed by atoms with Crippen molar-refractivity contribution in [2.75, 3.05) is 0 Å². The van der Waals surface area contributed by atoms with Crippen molar-refractivity contribution in [1.29, 1.82) is 0 Å². The van der Waals surface area contributed by atoms with Gasteiger partial charge in [-0.25, -0.2) is 13.1 Å². The molecule has 0 saturated carbocycles. The zero-order chi connectivity index (χ0) is 24.5. The number of ether oxygens (including phenoxy) is 1. The Kier molecular flexibility index (Phi) is 6.34. The number of aryl methyl sites for hydroxylation is 2. The number of amides is 1. The molecule has 0 aliphatic rings. The molecule has 7 nitrogen and oxygen atoms in total. The minimum absolute atomic E-state index is 0.0150. The van der Waals surface area contributed by atoms with Gasteiger partial charge in [0.25, 0.3) is 15.9 Å². The fourth-order valence-electron chi connectivity index (χ4n) is 3.48. The molecule has 10 heteroatoms. The van der Waals surface area contributed by atoms with Crippen molar-refractivity contribution < 1.29 is 26.7 Å². The van der Waals surface area contributed by atoms with Crippen LogP contribution in [0.3, 0.4) is 0 Å². The highest BCUT2D eigenvalue weighted by Crippen LogP contribution is 2.22. The van der Waals surface area contributed by atoms with Crippen LogP contribution in [-0.4, -0.2) is 30.7 Å². The van der Waals surface area contributed by atoms with E-state index in [9.17, 15) is 22.0 Å². The SMILES string of the molecule is Cc1ccc(S(=O)(=O)NC(=O)c2nn(Cc3ccc(OC(F)F)cc3)c3ccccc23)cc1C. The molecular weight excluding hydrogens is 464 g/mol. The number of aromatic nitrogens is 2. The number of para-hydroxylation sites is 1. The number of halogens is 2. The first kappa shape index (κ1) is 23.4. The van der Waals surface area contributed by atoms with Crippen LogP contribution in [-0.2, 0) is 16.6 Å². The summed E-state index contributed by atoms with van der Waals surface area (Å²) in [4.78, 5) is 12.9. The van der Waals surface area contributed by atoms with Gasteiger partial charge in [0.2, 0.25) is 0 Å². The van der Waals surface area contributed by atoms with E-state index in [1.807, 2.05) is 6.92 Å².